The minimum Gasteiger partial charge on any atom is -0.390 e. The number of ether oxygens (including phenoxy) is 1. The highest BCUT2D eigenvalue weighted by Crippen LogP contribution is 2.49. The molecule has 1 unspecified atom stereocenters. The van der Waals surface area contributed by atoms with E-state index in [1.807, 2.05) is 20.8 Å². The number of aliphatic hydroxyl groups excluding tert-OH is 1. The highest BCUT2D eigenvalue weighted by atomic mass is 19.3. The number of aliphatic hydroxyl groups is 1. The van der Waals surface area contributed by atoms with Gasteiger partial charge in [0.2, 0.25) is 0 Å². The number of fused-ring (bicyclic) bond motifs is 2. The lowest BCUT2D eigenvalue weighted by atomic mass is 9.76. The van der Waals surface area contributed by atoms with Crippen molar-refractivity contribution >= 4 is 0 Å². The van der Waals surface area contributed by atoms with Gasteiger partial charge in [0, 0.05) is 6.42 Å². The van der Waals surface area contributed by atoms with Crippen LogP contribution in [0.25, 0.3) is 0 Å². The van der Waals surface area contributed by atoms with Crippen LogP contribution in [0, 0.1) is 17.8 Å². The summed E-state index contributed by atoms with van der Waals surface area (Å²) in [6.07, 6.45) is -2.94. The molecule has 1 N–H and O–H groups in total. The first-order valence-electron chi connectivity index (χ1n) is 5.56. The van der Waals surface area contributed by atoms with E-state index in [4.69, 9.17) is 4.74 Å². The van der Waals surface area contributed by atoms with Crippen molar-refractivity contribution < 1.29 is 18.6 Å². The fourth-order valence-electron chi connectivity index (χ4n) is 3.12. The topological polar surface area (TPSA) is 29.5 Å². The standard InChI is InChI=1S/C11H18F2O2/c1-5(2)8-6(3)7-4-11(12,13)10(15-7)9(8)14/h5-10,14H,4H2,1-3H3/t6-,7-,8-,9?,10-/m1/s1. The zero-order valence-electron chi connectivity index (χ0n) is 9.28. The Morgan fingerprint density at radius 3 is 2.53 bits per heavy atom. The van der Waals surface area contributed by atoms with Crippen molar-refractivity contribution in [1.82, 2.24) is 0 Å². The summed E-state index contributed by atoms with van der Waals surface area (Å²) in [4.78, 5) is 0. The molecule has 0 aliphatic carbocycles. The second-order valence-electron chi connectivity index (χ2n) is 5.23. The molecule has 0 spiro atoms. The Kier molecular flexibility index (Phi) is 2.54. The summed E-state index contributed by atoms with van der Waals surface area (Å²) >= 11 is 0. The SMILES string of the molecule is CC(C)[C@H]1C(O)[C@H]2O[C@H](CC2(F)F)[C@H]1C. The van der Waals surface area contributed by atoms with Crippen molar-refractivity contribution in [3.63, 3.8) is 0 Å². The molecular formula is C11H18F2O2. The Hall–Kier alpha value is -0.220. The molecule has 2 fully saturated rings. The molecular weight excluding hydrogens is 202 g/mol. The summed E-state index contributed by atoms with van der Waals surface area (Å²) in [6.45, 7) is 5.83. The van der Waals surface area contributed by atoms with Gasteiger partial charge in [0.05, 0.1) is 12.2 Å². The predicted octanol–water partition coefficient (Wildman–Crippen LogP) is 2.06. The van der Waals surface area contributed by atoms with Crippen molar-refractivity contribution in [3.8, 4) is 0 Å². The summed E-state index contributed by atoms with van der Waals surface area (Å²) in [5.41, 5.74) is 0. The Balaban J connectivity index is 2.27. The lowest BCUT2D eigenvalue weighted by Gasteiger charge is -2.40. The van der Waals surface area contributed by atoms with Crippen molar-refractivity contribution in [2.45, 2.75) is 51.4 Å². The molecule has 4 heteroatoms. The molecule has 0 aromatic rings. The Labute approximate surface area is 88.6 Å². The minimum atomic E-state index is -2.86. The van der Waals surface area contributed by atoms with E-state index in [0.29, 0.717) is 0 Å². The van der Waals surface area contributed by atoms with Gasteiger partial charge in [-0.1, -0.05) is 20.8 Å². The van der Waals surface area contributed by atoms with E-state index >= 15 is 0 Å². The quantitative estimate of drug-likeness (QED) is 0.733. The van der Waals surface area contributed by atoms with Gasteiger partial charge in [0.1, 0.15) is 6.10 Å². The molecule has 0 saturated carbocycles. The third-order valence-electron chi connectivity index (χ3n) is 3.88. The smallest absolute Gasteiger partial charge is 0.278 e. The van der Waals surface area contributed by atoms with Crippen LogP contribution in [-0.2, 0) is 4.74 Å². The summed E-state index contributed by atoms with van der Waals surface area (Å²) in [6, 6.07) is 0. The lowest BCUT2D eigenvalue weighted by molar-refractivity contribution is -0.187. The highest BCUT2D eigenvalue weighted by molar-refractivity contribution is 5.03. The first-order chi connectivity index (χ1) is 6.84. The Morgan fingerprint density at radius 1 is 1.40 bits per heavy atom. The van der Waals surface area contributed by atoms with Crippen LogP contribution in [0.15, 0.2) is 0 Å². The predicted molar refractivity (Wildman–Crippen MR) is 51.7 cm³/mol. The van der Waals surface area contributed by atoms with Gasteiger partial charge in [-0.05, 0) is 17.8 Å². The second-order valence-corrected chi connectivity index (χ2v) is 5.23. The van der Waals surface area contributed by atoms with Crippen LogP contribution in [0.3, 0.4) is 0 Å². The van der Waals surface area contributed by atoms with Crippen LogP contribution in [-0.4, -0.2) is 29.3 Å². The molecule has 0 aromatic carbocycles. The van der Waals surface area contributed by atoms with Crippen molar-refractivity contribution in [2.75, 3.05) is 0 Å². The molecule has 5 atom stereocenters. The van der Waals surface area contributed by atoms with Gasteiger partial charge in [-0.3, -0.25) is 0 Å². The first kappa shape index (κ1) is 11.3. The average molecular weight is 220 g/mol. The van der Waals surface area contributed by atoms with Crippen LogP contribution < -0.4 is 0 Å². The van der Waals surface area contributed by atoms with Gasteiger partial charge >= 0.3 is 0 Å². The van der Waals surface area contributed by atoms with E-state index in [1.165, 1.54) is 0 Å². The van der Waals surface area contributed by atoms with E-state index in [0.717, 1.165) is 0 Å². The van der Waals surface area contributed by atoms with Crippen LogP contribution in [0.2, 0.25) is 0 Å². The molecule has 2 aliphatic rings. The van der Waals surface area contributed by atoms with E-state index < -0.39 is 18.1 Å². The lowest BCUT2D eigenvalue weighted by Crippen LogP contribution is -2.50. The fraction of sp³-hybridized carbons (Fsp3) is 1.00. The molecule has 15 heavy (non-hydrogen) atoms. The van der Waals surface area contributed by atoms with Crippen LogP contribution in [0.4, 0.5) is 8.78 Å². The highest BCUT2D eigenvalue weighted by Gasteiger charge is 2.61. The van der Waals surface area contributed by atoms with Gasteiger partial charge in [-0.2, -0.15) is 0 Å². The Morgan fingerprint density at radius 2 is 2.00 bits per heavy atom. The number of hydrogen-bond donors (Lipinski definition) is 1. The Bertz CT molecular complexity index is 255. The zero-order chi connectivity index (χ0) is 11.4. The number of halogens is 2. The van der Waals surface area contributed by atoms with Crippen LogP contribution in [0.5, 0.6) is 0 Å². The van der Waals surface area contributed by atoms with Crippen LogP contribution >= 0.6 is 0 Å². The fourth-order valence-corrected chi connectivity index (χ4v) is 3.12. The molecule has 2 saturated heterocycles. The summed E-state index contributed by atoms with van der Waals surface area (Å²) in [5, 5.41) is 9.93. The summed E-state index contributed by atoms with van der Waals surface area (Å²) < 4.78 is 32.2. The zero-order valence-corrected chi connectivity index (χ0v) is 9.28. The molecule has 88 valence electrons. The van der Waals surface area contributed by atoms with Crippen molar-refractivity contribution in [1.29, 1.82) is 0 Å². The minimum absolute atomic E-state index is 0.00428. The molecule has 0 radical (unpaired) electrons. The largest absolute Gasteiger partial charge is 0.390 e. The van der Waals surface area contributed by atoms with E-state index in [2.05, 4.69) is 0 Å². The molecule has 2 aliphatic heterocycles. The van der Waals surface area contributed by atoms with E-state index in [1.54, 1.807) is 0 Å². The number of rotatable bonds is 1. The maximum absolute atomic E-state index is 13.5. The van der Waals surface area contributed by atoms with Crippen molar-refractivity contribution in [3.05, 3.63) is 0 Å². The molecule has 0 aromatic heterocycles. The normalized spacial score (nSPS) is 48.6. The van der Waals surface area contributed by atoms with Gasteiger partial charge < -0.3 is 9.84 Å². The molecule has 2 nitrogen and oxygen atoms in total. The molecule has 2 heterocycles. The summed E-state index contributed by atoms with van der Waals surface area (Å²) in [7, 11) is 0. The van der Waals surface area contributed by atoms with Crippen molar-refractivity contribution in [2.24, 2.45) is 17.8 Å². The third kappa shape index (κ3) is 1.58. The summed E-state index contributed by atoms with van der Waals surface area (Å²) in [5.74, 6) is -2.73. The molecule has 2 bridgehead atoms. The maximum atomic E-state index is 13.5. The first-order valence-corrected chi connectivity index (χ1v) is 5.56. The van der Waals surface area contributed by atoms with Crippen LogP contribution in [0.1, 0.15) is 27.2 Å². The average Bonchev–Trinajstić information content (AvgIpc) is 2.36. The second kappa shape index (κ2) is 3.39. The van der Waals surface area contributed by atoms with Gasteiger partial charge in [-0.15, -0.1) is 0 Å². The number of alkyl halides is 2. The monoisotopic (exact) mass is 220 g/mol. The number of hydrogen-bond acceptors (Lipinski definition) is 2. The van der Waals surface area contributed by atoms with E-state index in [-0.39, 0.29) is 30.3 Å². The maximum Gasteiger partial charge on any atom is 0.278 e. The van der Waals surface area contributed by atoms with E-state index in [9.17, 15) is 13.9 Å². The van der Waals surface area contributed by atoms with Gasteiger partial charge in [-0.25, -0.2) is 8.78 Å². The van der Waals surface area contributed by atoms with Gasteiger partial charge in [0.25, 0.3) is 5.92 Å². The molecule has 2 rings (SSSR count). The third-order valence-corrected chi connectivity index (χ3v) is 3.88. The molecule has 0 amide bonds. The van der Waals surface area contributed by atoms with Gasteiger partial charge in [0.15, 0.2) is 0 Å².